The topological polar surface area (TPSA) is 99.0 Å². The summed E-state index contributed by atoms with van der Waals surface area (Å²) in [5.41, 5.74) is 7.55. The van der Waals surface area contributed by atoms with E-state index in [2.05, 4.69) is 16.2 Å². The second-order valence-corrected chi connectivity index (χ2v) is 6.44. The van der Waals surface area contributed by atoms with E-state index in [0.29, 0.717) is 43.3 Å². The van der Waals surface area contributed by atoms with E-state index in [1.54, 1.807) is 6.20 Å². The van der Waals surface area contributed by atoms with Crippen molar-refractivity contribution in [1.82, 2.24) is 14.8 Å². The first kappa shape index (κ1) is 16.4. The van der Waals surface area contributed by atoms with Gasteiger partial charge in [0.05, 0.1) is 24.6 Å². The molecule has 3 aromatic rings. The number of nitriles is 1. The standard InChI is InChI=1S/C19H19N5O2/c20-9-7-19(8-11-25-13-19)24-15-6-10-22-18(16(15)17(21)23-24)26-12-14-4-2-1-3-5-14/h1-6,10H,7-8,11-13H2,(H2,21,23). The molecule has 3 heterocycles. The van der Waals surface area contributed by atoms with Crippen molar-refractivity contribution in [2.75, 3.05) is 18.9 Å². The second-order valence-electron chi connectivity index (χ2n) is 6.44. The maximum absolute atomic E-state index is 9.28. The third-order valence-electron chi connectivity index (χ3n) is 4.74. The van der Waals surface area contributed by atoms with Gasteiger partial charge >= 0.3 is 0 Å². The number of aromatic nitrogens is 3. The summed E-state index contributed by atoms with van der Waals surface area (Å²) >= 11 is 0. The fourth-order valence-electron chi connectivity index (χ4n) is 3.38. The molecule has 0 aliphatic carbocycles. The lowest BCUT2D eigenvalue weighted by molar-refractivity contribution is 0.151. The van der Waals surface area contributed by atoms with Gasteiger partial charge in [0.2, 0.25) is 5.88 Å². The zero-order valence-electron chi connectivity index (χ0n) is 14.3. The lowest BCUT2D eigenvalue weighted by Crippen LogP contribution is -2.34. The van der Waals surface area contributed by atoms with Gasteiger partial charge in [-0.15, -0.1) is 0 Å². The molecule has 2 N–H and O–H groups in total. The van der Waals surface area contributed by atoms with E-state index >= 15 is 0 Å². The average Bonchev–Trinajstić information content (AvgIpc) is 3.27. The summed E-state index contributed by atoms with van der Waals surface area (Å²) in [7, 11) is 0. The summed E-state index contributed by atoms with van der Waals surface area (Å²) in [6.07, 6.45) is 2.71. The molecule has 7 heteroatoms. The van der Waals surface area contributed by atoms with E-state index in [4.69, 9.17) is 15.2 Å². The molecule has 1 aromatic carbocycles. The van der Waals surface area contributed by atoms with Gasteiger partial charge in [-0.05, 0) is 18.1 Å². The Morgan fingerprint density at radius 2 is 2.15 bits per heavy atom. The van der Waals surface area contributed by atoms with Crippen LogP contribution in [0.3, 0.4) is 0 Å². The molecule has 1 aliphatic heterocycles. The summed E-state index contributed by atoms with van der Waals surface area (Å²) in [5, 5.41) is 14.5. The van der Waals surface area contributed by atoms with Gasteiger partial charge in [0.1, 0.15) is 17.5 Å². The highest BCUT2D eigenvalue weighted by Crippen LogP contribution is 2.37. The van der Waals surface area contributed by atoms with E-state index in [-0.39, 0.29) is 0 Å². The number of fused-ring (bicyclic) bond motifs is 1. The molecule has 1 unspecified atom stereocenters. The number of ether oxygens (including phenoxy) is 2. The molecule has 1 atom stereocenters. The number of hydrogen-bond donors (Lipinski definition) is 1. The van der Waals surface area contributed by atoms with Crippen LogP contribution in [0.2, 0.25) is 0 Å². The zero-order valence-corrected chi connectivity index (χ0v) is 14.3. The lowest BCUT2D eigenvalue weighted by atomic mass is 9.95. The smallest absolute Gasteiger partial charge is 0.227 e. The molecule has 0 saturated carbocycles. The summed E-state index contributed by atoms with van der Waals surface area (Å²) < 4.78 is 13.3. The molecule has 0 bridgehead atoms. The van der Waals surface area contributed by atoms with Crippen molar-refractivity contribution in [3.8, 4) is 11.9 Å². The normalized spacial score (nSPS) is 19.5. The summed E-state index contributed by atoms with van der Waals surface area (Å²) in [5.74, 6) is 0.793. The van der Waals surface area contributed by atoms with Crippen molar-refractivity contribution in [2.45, 2.75) is 25.0 Å². The van der Waals surface area contributed by atoms with Crippen LogP contribution in [0.25, 0.3) is 10.9 Å². The fourth-order valence-corrected chi connectivity index (χ4v) is 3.38. The first-order valence-corrected chi connectivity index (χ1v) is 8.49. The molecule has 26 heavy (non-hydrogen) atoms. The number of benzene rings is 1. The van der Waals surface area contributed by atoms with Crippen molar-refractivity contribution in [3.05, 3.63) is 48.2 Å². The third-order valence-corrected chi connectivity index (χ3v) is 4.74. The molecule has 4 rings (SSSR count). The Morgan fingerprint density at radius 1 is 1.31 bits per heavy atom. The van der Waals surface area contributed by atoms with Gasteiger partial charge in [-0.3, -0.25) is 4.68 Å². The van der Waals surface area contributed by atoms with Crippen LogP contribution in [0.1, 0.15) is 18.4 Å². The van der Waals surface area contributed by atoms with Crippen LogP contribution in [0, 0.1) is 11.3 Å². The van der Waals surface area contributed by atoms with Gasteiger partial charge in [-0.1, -0.05) is 30.3 Å². The highest BCUT2D eigenvalue weighted by molar-refractivity contribution is 5.93. The Labute approximate surface area is 151 Å². The van der Waals surface area contributed by atoms with Gasteiger partial charge in [0, 0.05) is 12.8 Å². The molecule has 0 radical (unpaired) electrons. The Kier molecular flexibility index (Phi) is 4.19. The lowest BCUT2D eigenvalue weighted by Gasteiger charge is -2.25. The highest BCUT2D eigenvalue weighted by Gasteiger charge is 2.39. The maximum Gasteiger partial charge on any atom is 0.227 e. The molecule has 2 aromatic heterocycles. The van der Waals surface area contributed by atoms with E-state index in [0.717, 1.165) is 17.5 Å². The number of nitrogen functional groups attached to an aromatic ring is 1. The first-order valence-electron chi connectivity index (χ1n) is 8.49. The first-order chi connectivity index (χ1) is 12.7. The van der Waals surface area contributed by atoms with Crippen molar-refractivity contribution in [1.29, 1.82) is 5.26 Å². The van der Waals surface area contributed by atoms with E-state index in [1.165, 1.54) is 0 Å². The zero-order chi connectivity index (χ0) is 18.0. The largest absolute Gasteiger partial charge is 0.472 e. The van der Waals surface area contributed by atoms with Gasteiger partial charge in [-0.25, -0.2) is 4.98 Å². The monoisotopic (exact) mass is 349 g/mol. The number of nitrogens with zero attached hydrogens (tertiary/aromatic N) is 4. The van der Waals surface area contributed by atoms with Crippen LogP contribution in [0.4, 0.5) is 5.82 Å². The van der Waals surface area contributed by atoms with Crippen molar-refractivity contribution >= 4 is 16.7 Å². The fraction of sp³-hybridized carbons (Fsp3) is 0.316. The number of hydrogen-bond acceptors (Lipinski definition) is 6. The average molecular weight is 349 g/mol. The van der Waals surface area contributed by atoms with E-state index < -0.39 is 5.54 Å². The molecule has 1 saturated heterocycles. The molecule has 132 valence electrons. The molecule has 0 spiro atoms. The Bertz CT molecular complexity index is 955. The molecule has 7 nitrogen and oxygen atoms in total. The van der Waals surface area contributed by atoms with Crippen molar-refractivity contribution in [3.63, 3.8) is 0 Å². The van der Waals surface area contributed by atoms with Gasteiger partial charge in [0.25, 0.3) is 0 Å². The van der Waals surface area contributed by atoms with Crippen LogP contribution in [-0.2, 0) is 16.9 Å². The predicted octanol–water partition coefficient (Wildman–Crippen LogP) is 2.62. The summed E-state index contributed by atoms with van der Waals surface area (Å²) in [4.78, 5) is 4.34. The minimum absolute atomic E-state index is 0.311. The van der Waals surface area contributed by atoms with Crippen LogP contribution >= 0.6 is 0 Å². The summed E-state index contributed by atoms with van der Waals surface area (Å²) in [6.45, 7) is 1.44. The summed E-state index contributed by atoms with van der Waals surface area (Å²) in [6, 6.07) is 14.0. The molecule has 1 aliphatic rings. The van der Waals surface area contributed by atoms with Crippen LogP contribution < -0.4 is 10.5 Å². The quantitative estimate of drug-likeness (QED) is 0.760. The molecule has 1 fully saturated rings. The third kappa shape index (κ3) is 2.74. The SMILES string of the molecule is N#CCC1(n2nc(N)c3c(OCc4ccccc4)nccc32)CCOC1. The van der Waals surface area contributed by atoms with Crippen LogP contribution in [0.15, 0.2) is 42.6 Å². The number of anilines is 1. The van der Waals surface area contributed by atoms with Crippen molar-refractivity contribution in [2.24, 2.45) is 0 Å². The molecule has 0 amide bonds. The van der Waals surface area contributed by atoms with Crippen molar-refractivity contribution < 1.29 is 9.47 Å². The second kappa shape index (κ2) is 6.65. The number of pyridine rings is 1. The number of rotatable bonds is 5. The Morgan fingerprint density at radius 3 is 2.88 bits per heavy atom. The van der Waals surface area contributed by atoms with Crippen LogP contribution in [-0.4, -0.2) is 28.0 Å². The molecular weight excluding hydrogens is 330 g/mol. The molecular formula is C19H19N5O2. The Balaban J connectivity index is 1.73. The van der Waals surface area contributed by atoms with Gasteiger partial charge in [-0.2, -0.15) is 10.4 Å². The van der Waals surface area contributed by atoms with Gasteiger partial charge < -0.3 is 15.2 Å². The number of nitrogens with two attached hydrogens (primary N) is 1. The van der Waals surface area contributed by atoms with E-state index in [9.17, 15) is 5.26 Å². The van der Waals surface area contributed by atoms with Crippen LogP contribution in [0.5, 0.6) is 5.88 Å². The highest BCUT2D eigenvalue weighted by atomic mass is 16.5. The van der Waals surface area contributed by atoms with Gasteiger partial charge in [0.15, 0.2) is 5.82 Å². The maximum atomic E-state index is 9.28. The minimum Gasteiger partial charge on any atom is -0.472 e. The minimum atomic E-state index is -0.497. The predicted molar refractivity (Wildman–Crippen MR) is 96.4 cm³/mol. The Hall–Kier alpha value is -3.11. The van der Waals surface area contributed by atoms with E-state index in [1.807, 2.05) is 41.1 Å².